The van der Waals surface area contributed by atoms with Crippen molar-refractivity contribution < 1.29 is 5.11 Å². The van der Waals surface area contributed by atoms with Crippen molar-refractivity contribution in [1.29, 1.82) is 0 Å². The molecule has 0 spiro atoms. The third kappa shape index (κ3) is 2.12. The number of fused-ring (bicyclic) bond motifs is 1. The molecule has 2 heterocycles. The van der Waals surface area contributed by atoms with E-state index in [1.54, 1.807) is 12.1 Å². The number of benzene rings is 1. The molecule has 0 saturated carbocycles. The van der Waals surface area contributed by atoms with Gasteiger partial charge in [-0.25, -0.2) is 4.98 Å². The number of aromatic hydroxyl groups is 1. The molecule has 2 aromatic heterocycles. The molecule has 19 heavy (non-hydrogen) atoms. The van der Waals surface area contributed by atoms with Gasteiger partial charge in [0.05, 0.1) is 5.69 Å². The number of phenols is 1. The predicted octanol–water partition coefficient (Wildman–Crippen LogP) is 2.77. The Kier molecular flexibility index (Phi) is 2.63. The van der Waals surface area contributed by atoms with E-state index < -0.39 is 0 Å². The third-order valence-electron chi connectivity index (χ3n) is 3.12. The number of nitrogens with zero attached hydrogens (tertiary/aromatic N) is 3. The van der Waals surface area contributed by atoms with E-state index in [2.05, 4.69) is 16.0 Å². The molecule has 4 heteroatoms. The number of anilines is 1. The average molecular weight is 253 g/mol. The van der Waals surface area contributed by atoms with Crippen LogP contribution in [0.15, 0.2) is 48.8 Å². The molecule has 0 radical (unpaired) electrons. The van der Waals surface area contributed by atoms with E-state index in [1.807, 2.05) is 49.1 Å². The van der Waals surface area contributed by atoms with E-state index in [0.717, 1.165) is 22.6 Å². The summed E-state index contributed by atoms with van der Waals surface area (Å²) in [5.41, 5.74) is 3.92. The molecule has 0 bridgehead atoms. The summed E-state index contributed by atoms with van der Waals surface area (Å²) in [6.07, 6.45) is 3.99. The van der Waals surface area contributed by atoms with Crippen LogP contribution >= 0.6 is 0 Å². The number of hydrogen-bond acceptors (Lipinski definition) is 3. The maximum atomic E-state index is 9.31. The largest absolute Gasteiger partial charge is 0.508 e. The second kappa shape index (κ2) is 4.31. The number of hydrogen-bond donors (Lipinski definition) is 1. The fourth-order valence-electron chi connectivity index (χ4n) is 2.02. The Labute approximate surface area is 111 Å². The Hall–Kier alpha value is -2.49. The third-order valence-corrected chi connectivity index (χ3v) is 3.12. The lowest BCUT2D eigenvalue weighted by atomic mass is 10.2. The number of aromatic nitrogens is 2. The van der Waals surface area contributed by atoms with Crippen LogP contribution in [0, 0.1) is 0 Å². The summed E-state index contributed by atoms with van der Waals surface area (Å²) in [6, 6.07) is 11.2. The van der Waals surface area contributed by atoms with Crippen molar-refractivity contribution >= 4 is 11.3 Å². The summed E-state index contributed by atoms with van der Waals surface area (Å²) in [4.78, 5) is 6.66. The molecule has 1 N–H and O–H groups in total. The molecule has 1 aromatic carbocycles. The average Bonchev–Trinajstić information content (AvgIpc) is 2.82. The van der Waals surface area contributed by atoms with Crippen LogP contribution < -0.4 is 4.90 Å². The van der Waals surface area contributed by atoms with Gasteiger partial charge in [0.25, 0.3) is 0 Å². The predicted molar refractivity (Wildman–Crippen MR) is 76.6 cm³/mol. The highest BCUT2D eigenvalue weighted by atomic mass is 16.3. The second-order valence-corrected chi connectivity index (χ2v) is 4.72. The SMILES string of the molecule is CN(C)c1ccn2cc(-c3ccc(O)cc3)nc2c1. The van der Waals surface area contributed by atoms with Crippen LogP contribution in [0.2, 0.25) is 0 Å². The lowest BCUT2D eigenvalue weighted by Gasteiger charge is -2.11. The Balaban J connectivity index is 2.08. The van der Waals surface area contributed by atoms with Gasteiger partial charge in [-0.2, -0.15) is 0 Å². The molecule has 0 aliphatic rings. The molecule has 0 aliphatic carbocycles. The second-order valence-electron chi connectivity index (χ2n) is 4.72. The number of pyridine rings is 1. The lowest BCUT2D eigenvalue weighted by Crippen LogP contribution is -2.08. The van der Waals surface area contributed by atoms with Gasteiger partial charge in [0.2, 0.25) is 0 Å². The minimum Gasteiger partial charge on any atom is -0.508 e. The number of imidazole rings is 1. The zero-order valence-electron chi connectivity index (χ0n) is 10.9. The van der Waals surface area contributed by atoms with Crippen molar-refractivity contribution in [2.24, 2.45) is 0 Å². The Morgan fingerprint density at radius 3 is 2.53 bits per heavy atom. The molecule has 0 amide bonds. The number of rotatable bonds is 2. The Morgan fingerprint density at radius 2 is 1.84 bits per heavy atom. The summed E-state index contributed by atoms with van der Waals surface area (Å²) in [5, 5.41) is 9.31. The molecule has 0 atom stereocenters. The van der Waals surface area contributed by atoms with Crippen LogP contribution in [0.4, 0.5) is 5.69 Å². The summed E-state index contributed by atoms with van der Waals surface area (Å²) in [7, 11) is 4.02. The van der Waals surface area contributed by atoms with Gasteiger partial charge in [-0.05, 0) is 30.3 Å². The first-order valence-electron chi connectivity index (χ1n) is 6.09. The molecular weight excluding hydrogens is 238 g/mol. The first-order valence-corrected chi connectivity index (χ1v) is 6.09. The van der Waals surface area contributed by atoms with Crippen molar-refractivity contribution in [3.05, 3.63) is 48.8 Å². The zero-order chi connectivity index (χ0) is 13.4. The first kappa shape index (κ1) is 11.6. The van der Waals surface area contributed by atoms with Crippen LogP contribution in [0.1, 0.15) is 0 Å². The fourth-order valence-corrected chi connectivity index (χ4v) is 2.02. The molecule has 0 unspecified atom stereocenters. The van der Waals surface area contributed by atoms with Crippen LogP contribution in [-0.2, 0) is 0 Å². The first-order chi connectivity index (χ1) is 9.13. The van der Waals surface area contributed by atoms with E-state index in [-0.39, 0.29) is 5.75 Å². The highest BCUT2D eigenvalue weighted by Crippen LogP contribution is 2.23. The van der Waals surface area contributed by atoms with Crippen molar-refractivity contribution in [3.8, 4) is 17.0 Å². The lowest BCUT2D eigenvalue weighted by molar-refractivity contribution is 0.475. The van der Waals surface area contributed by atoms with Gasteiger partial charge < -0.3 is 14.4 Å². The van der Waals surface area contributed by atoms with Crippen LogP contribution in [-0.4, -0.2) is 28.6 Å². The molecule has 4 nitrogen and oxygen atoms in total. The summed E-state index contributed by atoms with van der Waals surface area (Å²) >= 11 is 0. The molecule has 3 aromatic rings. The summed E-state index contributed by atoms with van der Waals surface area (Å²) in [5.74, 6) is 0.266. The van der Waals surface area contributed by atoms with Gasteiger partial charge in [0.1, 0.15) is 11.4 Å². The van der Waals surface area contributed by atoms with E-state index in [1.165, 1.54) is 0 Å². The standard InChI is InChI=1S/C15H15N3O/c1-17(2)12-7-8-18-10-14(16-15(18)9-12)11-3-5-13(19)6-4-11/h3-10,19H,1-2H3. The summed E-state index contributed by atoms with van der Waals surface area (Å²) < 4.78 is 2.00. The van der Waals surface area contributed by atoms with E-state index in [9.17, 15) is 5.11 Å². The van der Waals surface area contributed by atoms with Gasteiger partial charge in [-0.1, -0.05) is 0 Å². The highest BCUT2D eigenvalue weighted by Gasteiger charge is 2.05. The molecule has 3 rings (SSSR count). The Morgan fingerprint density at radius 1 is 1.11 bits per heavy atom. The van der Waals surface area contributed by atoms with Crippen molar-refractivity contribution in [1.82, 2.24) is 9.38 Å². The quantitative estimate of drug-likeness (QED) is 0.763. The van der Waals surface area contributed by atoms with Gasteiger partial charge in [-0.15, -0.1) is 0 Å². The molecule has 0 fully saturated rings. The van der Waals surface area contributed by atoms with Crippen LogP contribution in [0.25, 0.3) is 16.9 Å². The van der Waals surface area contributed by atoms with Crippen molar-refractivity contribution in [2.45, 2.75) is 0 Å². The van der Waals surface area contributed by atoms with Gasteiger partial charge in [0.15, 0.2) is 0 Å². The molecule has 0 aliphatic heterocycles. The van der Waals surface area contributed by atoms with Crippen molar-refractivity contribution in [2.75, 3.05) is 19.0 Å². The minimum absolute atomic E-state index is 0.266. The number of phenolic OH excluding ortho intramolecular Hbond substituents is 1. The molecule has 0 saturated heterocycles. The van der Waals surface area contributed by atoms with Crippen molar-refractivity contribution in [3.63, 3.8) is 0 Å². The van der Waals surface area contributed by atoms with E-state index in [0.29, 0.717) is 0 Å². The van der Waals surface area contributed by atoms with E-state index >= 15 is 0 Å². The normalized spacial score (nSPS) is 10.8. The van der Waals surface area contributed by atoms with E-state index in [4.69, 9.17) is 0 Å². The maximum absolute atomic E-state index is 9.31. The van der Waals surface area contributed by atoms with Crippen LogP contribution in [0.5, 0.6) is 5.75 Å². The topological polar surface area (TPSA) is 40.8 Å². The Bertz CT molecular complexity index is 714. The zero-order valence-corrected chi connectivity index (χ0v) is 10.9. The molecule has 96 valence electrons. The highest BCUT2D eigenvalue weighted by molar-refractivity contribution is 5.65. The van der Waals surface area contributed by atoms with Gasteiger partial charge in [-0.3, -0.25) is 0 Å². The summed E-state index contributed by atoms with van der Waals surface area (Å²) in [6.45, 7) is 0. The van der Waals surface area contributed by atoms with Gasteiger partial charge in [0, 0.05) is 43.8 Å². The van der Waals surface area contributed by atoms with Gasteiger partial charge >= 0.3 is 0 Å². The molecular formula is C15H15N3O. The fraction of sp³-hybridized carbons (Fsp3) is 0.133. The van der Waals surface area contributed by atoms with Crippen LogP contribution in [0.3, 0.4) is 0 Å². The maximum Gasteiger partial charge on any atom is 0.139 e. The minimum atomic E-state index is 0.266. The smallest absolute Gasteiger partial charge is 0.139 e. The monoisotopic (exact) mass is 253 g/mol.